The summed E-state index contributed by atoms with van der Waals surface area (Å²) in [6, 6.07) is 37.6. The van der Waals surface area contributed by atoms with Crippen LogP contribution in [0.15, 0.2) is 121 Å². The third-order valence-electron chi connectivity index (χ3n) is 8.84. The van der Waals surface area contributed by atoms with Gasteiger partial charge in [-0.15, -0.1) is 0 Å². The van der Waals surface area contributed by atoms with Gasteiger partial charge in [-0.25, -0.2) is 4.79 Å². The molecule has 0 saturated heterocycles. The average Bonchev–Trinajstić information content (AvgIpc) is 3.83. The van der Waals surface area contributed by atoms with E-state index in [1.165, 1.54) is 16.8 Å². The average molecular weight is 685 g/mol. The number of amides is 1. The summed E-state index contributed by atoms with van der Waals surface area (Å²) >= 11 is 0. The highest BCUT2D eigenvalue weighted by atomic mass is 16.4. The number of H-pyrrole nitrogens is 2. The summed E-state index contributed by atoms with van der Waals surface area (Å²) in [5.74, 6) is -1.49. The molecule has 2 aromatic heterocycles. The third-order valence-corrected chi connectivity index (χ3v) is 8.84. The summed E-state index contributed by atoms with van der Waals surface area (Å²) in [5, 5.41) is 46.2. The lowest BCUT2D eigenvalue weighted by atomic mass is 10.00. The molecule has 260 valence electrons. The minimum Gasteiger partial charge on any atom is -0.479 e. The first-order valence-corrected chi connectivity index (χ1v) is 16.8. The topological polar surface area (TPSA) is 167 Å². The molecule has 2 aliphatic rings. The summed E-state index contributed by atoms with van der Waals surface area (Å²) in [7, 11) is 0. The number of aliphatic hydroxyl groups is 2. The molecule has 4 aromatic carbocycles. The van der Waals surface area contributed by atoms with E-state index in [1.54, 1.807) is 47.4 Å². The second-order valence-electron chi connectivity index (χ2n) is 12.2. The summed E-state index contributed by atoms with van der Waals surface area (Å²) in [6.07, 6.45) is -0.775. The van der Waals surface area contributed by atoms with Gasteiger partial charge in [0.1, 0.15) is 0 Å². The van der Waals surface area contributed by atoms with Gasteiger partial charge in [0, 0.05) is 72.7 Å². The van der Waals surface area contributed by atoms with Crippen molar-refractivity contribution in [2.75, 3.05) is 13.1 Å². The smallest absolute Gasteiger partial charge is 0.337 e. The van der Waals surface area contributed by atoms with E-state index in [1.807, 2.05) is 66.7 Å². The van der Waals surface area contributed by atoms with E-state index in [9.17, 15) is 14.7 Å². The molecule has 0 fully saturated rings. The molecule has 2 atom stereocenters. The molecule has 0 spiro atoms. The van der Waals surface area contributed by atoms with Gasteiger partial charge in [-0.1, -0.05) is 121 Å². The number of nitrogens with zero attached hydrogens (tertiary/aromatic N) is 3. The number of aromatic nitrogens is 4. The van der Waals surface area contributed by atoms with Crippen LogP contribution in [0.2, 0.25) is 0 Å². The number of nitrogens with one attached hydrogen (secondary N) is 3. The van der Waals surface area contributed by atoms with Crippen LogP contribution >= 0.6 is 0 Å². The molecule has 11 nitrogen and oxygen atoms in total. The highest BCUT2D eigenvalue weighted by Gasteiger charge is 2.29. The lowest BCUT2D eigenvalue weighted by molar-refractivity contribution is -0.147. The maximum Gasteiger partial charge on any atom is 0.337 e. The molecule has 1 amide bonds. The molecule has 2 unspecified atom stereocenters. The van der Waals surface area contributed by atoms with Gasteiger partial charge in [0.15, 0.2) is 12.2 Å². The van der Waals surface area contributed by atoms with Crippen molar-refractivity contribution >= 4 is 11.9 Å². The number of carbonyl (C=O) groups excluding carboxylic acids is 1. The lowest BCUT2D eigenvalue weighted by Gasteiger charge is -2.29. The lowest BCUT2D eigenvalue weighted by Crippen LogP contribution is -2.39. The monoisotopic (exact) mass is 684 g/mol. The fraction of sp³-hybridized carbons (Fsp3) is 0.200. The van der Waals surface area contributed by atoms with Crippen LogP contribution in [0.25, 0.3) is 22.5 Å². The minimum absolute atomic E-state index is 0.267. The van der Waals surface area contributed by atoms with Crippen molar-refractivity contribution in [1.82, 2.24) is 30.6 Å². The first-order valence-electron chi connectivity index (χ1n) is 16.8. The van der Waals surface area contributed by atoms with Crippen LogP contribution in [0.5, 0.6) is 0 Å². The quantitative estimate of drug-likeness (QED) is 0.139. The zero-order valence-corrected chi connectivity index (χ0v) is 27.9. The Kier molecular flexibility index (Phi) is 11.4. The van der Waals surface area contributed by atoms with Crippen LogP contribution in [0.1, 0.15) is 45.8 Å². The number of benzene rings is 4. The standard InChI is InChI=1S/C20H19N3O2.C12H13N3.C8H8O3/c24-19(15-9-5-2-6-10-15)20(25)23-12-11-17-16(13-23)18(22-21-17)14-7-3-1-4-8-14;1-2-4-9(5-3-1)12-10-8-13-7-6-11(10)14-15-12;9-7(8(10)11)6-4-2-1-3-5-6/h1-10,19,24H,11-13H2,(H,21,22);1-5,13H,6-8H2,(H,14,15);1-5,7,9H,(H,10,11). The van der Waals surface area contributed by atoms with Crippen molar-refractivity contribution < 1.29 is 24.9 Å². The van der Waals surface area contributed by atoms with Crippen molar-refractivity contribution in [2.45, 2.75) is 38.1 Å². The summed E-state index contributed by atoms with van der Waals surface area (Å²) in [6.45, 7) is 3.00. The number of hydrogen-bond donors (Lipinski definition) is 6. The number of aliphatic carboxylic acids is 1. The van der Waals surface area contributed by atoms with Crippen molar-refractivity contribution in [2.24, 2.45) is 0 Å². The van der Waals surface area contributed by atoms with E-state index in [2.05, 4.69) is 37.8 Å². The zero-order valence-electron chi connectivity index (χ0n) is 27.9. The van der Waals surface area contributed by atoms with Gasteiger partial charge in [0.05, 0.1) is 11.4 Å². The second kappa shape index (κ2) is 16.7. The molecule has 6 aromatic rings. The number of hydrogen-bond acceptors (Lipinski definition) is 7. The van der Waals surface area contributed by atoms with Gasteiger partial charge in [-0.3, -0.25) is 15.0 Å². The Labute approximate surface area is 295 Å². The number of rotatable bonds is 6. The fourth-order valence-electron chi connectivity index (χ4n) is 6.11. The van der Waals surface area contributed by atoms with E-state index in [0.29, 0.717) is 30.6 Å². The van der Waals surface area contributed by atoms with E-state index in [-0.39, 0.29) is 5.91 Å². The molecule has 2 aliphatic heterocycles. The fourth-order valence-corrected chi connectivity index (χ4v) is 6.11. The number of fused-ring (bicyclic) bond motifs is 2. The van der Waals surface area contributed by atoms with E-state index in [4.69, 9.17) is 10.2 Å². The van der Waals surface area contributed by atoms with Crippen molar-refractivity contribution in [1.29, 1.82) is 0 Å². The van der Waals surface area contributed by atoms with E-state index < -0.39 is 18.2 Å². The van der Waals surface area contributed by atoms with Gasteiger partial charge in [0.25, 0.3) is 5.91 Å². The maximum atomic E-state index is 12.7. The summed E-state index contributed by atoms with van der Waals surface area (Å²) < 4.78 is 0. The third kappa shape index (κ3) is 8.47. The first kappa shape index (κ1) is 35.0. The molecule has 0 bridgehead atoms. The Morgan fingerprint density at radius 1 is 0.627 bits per heavy atom. The first-order chi connectivity index (χ1) is 24.9. The Bertz CT molecular complexity index is 2020. The highest BCUT2D eigenvalue weighted by molar-refractivity contribution is 5.82. The van der Waals surface area contributed by atoms with Crippen molar-refractivity contribution in [3.8, 4) is 22.5 Å². The van der Waals surface area contributed by atoms with Gasteiger partial charge in [0.2, 0.25) is 0 Å². The van der Waals surface area contributed by atoms with Gasteiger partial charge < -0.3 is 25.5 Å². The molecule has 0 aliphatic carbocycles. The molecular weight excluding hydrogens is 644 g/mol. The SMILES string of the molecule is O=C(C(O)c1ccccc1)N1CCc2[nH]nc(-c3ccccc3)c2C1.O=C(O)C(O)c1ccccc1.c1ccc(-c2n[nH]c3c2CNCC3)cc1. The Balaban J connectivity index is 0.000000146. The number of aromatic amines is 2. The molecule has 11 heteroatoms. The molecule has 8 rings (SSSR count). The predicted octanol–water partition coefficient (Wildman–Crippen LogP) is 5.22. The predicted molar refractivity (Wildman–Crippen MR) is 193 cm³/mol. The largest absolute Gasteiger partial charge is 0.479 e. The van der Waals surface area contributed by atoms with Gasteiger partial charge >= 0.3 is 5.97 Å². The molecule has 6 N–H and O–H groups in total. The highest BCUT2D eigenvalue weighted by Crippen LogP contribution is 2.30. The van der Waals surface area contributed by atoms with Crippen LogP contribution < -0.4 is 5.32 Å². The molecule has 51 heavy (non-hydrogen) atoms. The number of carboxylic acids is 1. The summed E-state index contributed by atoms with van der Waals surface area (Å²) in [5.41, 5.74) is 9.92. The van der Waals surface area contributed by atoms with Crippen molar-refractivity contribution in [3.63, 3.8) is 0 Å². The van der Waals surface area contributed by atoms with Gasteiger partial charge in [-0.05, 0) is 11.1 Å². The number of carboxylic acid groups (broad SMARTS) is 1. The maximum absolute atomic E-state index is 12.7. The second-order valence-corrected chi connectivity index (χ2v) is 12.2. The zero-order chi connectivity index (χ0) is 35.6. The van der Waals surface area contributed by atoms with E-state index >= 15 is 0 Å². The Morgan fingerprint density at radius 3 is 1.63 bits per heavy atom. The molecular formula is C40H40N6O5. The normalized spacial score (nSPS) is 14.4. The van der Waals surface area contributed by atoms with Crippen LogP contribution in [0.3, 0.4) is 0 Å². The summed E-state index contributed by atoms with van der Waals surface area (Å²) in [4.78, 5) is 24.7. The Hall–Kier alpha value is -5.88. The van der Waals surface area contributed by atoms with Crippen LogP contribution in [-0.2, 0) is 35.5 Å². The minimum atomic E-state index is -1.41. The van der Waals surface area contributed by atoms with Crippen molar-refractivity contribution in [3.05, 3.63) is 155 Å². The van der Waals surface area contributed by atoms with Crippen LogP contribution in [0.4, 0.5) is 0 Å². The molecule has 4 heterocycles. The van der Waals surface area contributed by atoms with Crippen LogP contribution in [0, 0.1) is 0 Å². The number of carbonyl (C=O) groups is 2. The van der Waals surface area contributed by atoms with Gasteiger partial charge in [-0.2, -0.15) is 10.2 Å². The van der Waals surface area contributed by atoms with Crippen LogP contribution in [-0.4, -0.2) is 65.6 Å². The number of aliphatic hydroxyl groups excluding tert-OH is 2. The molecule has 0 saturated carbocycles. The molecule has 0 radical (unpaired) electrons. The Morgan fingerprint density at radius 2 is 1.10 bits per heavy atom. The van der Waals surface area contributed by atoms with E-state index in [0.717, 1.165) is 47.7 Å².